The van der Waals surface area contributed by atoms with Crippen molar-refractivity contribution in [3.8, 4) is 11.5 Å². The van der Waals surface area contributed by atoms with Gasteiger partial charge in [-0.25, -0.2) is 0 Å². The van der Waals surface area contributed by atoms with Gasteiger partial charge in [0.05, 0.1) is 0 Å². The smallest absolute Gasteiger partial charge is 0.231 e. The molecule has 2 heterocycles. The maximum Gasteiger partial charge on any atom is 0.231 e. The first kappa shape index (κ1) is 15.3. The minimum Gasteiger partial charge on any atom is -0.454 e. The molecule has 0 aromatic heterocycles. The predicted molar refractivity (Wildman–Crippen MR) is 98.5 cm³/mol. The number of rotatable bonds is 3. The van der Waals surface area contributed by atoms with Crippen molar-refractivity contribution < 1.29 is 9.47 Å². The number of benzene rings is 2. The summed E-state index contributed by atoms with van der Waals surface area (Å²) < 4.78 is 11.3. The van der Waals surface area contributed by atoms with Gasteiger partial charge in [0.1, 0.15) is 0 Å². The van der Waals surface area contributed by atoms with Crippen molar-refractivity contribution in [3.05, 3.63) is 59.2 Å². The second-order valence-electron chi connectivity index (χ2n) is 7.61. The largest absolute Gasteiger partial charge is 0.454 e. The molecule has 25 heavy (non-hydrogen) atoms. The molecule has 3 aliphatic rings. The zero-order valence-electron chi connectivity index (χ0n) is 14.6. The molecule has 0 saturated carbocycles. The normalized spacial score (nSPS) is 25.1. The number of fused-ring (bicyclic) bond motifs is 3. The third kappa shape index (κ3) is 2.81. The molecule has 0 spiro atoms. The van der Waals surface area contributed by atoms with E-state index in [1.807, 2.05) is 0 Å². The van der Waals surface area contributed by atoms with Crippen LogP contribution in [0.4, 0.5) is 0 Å². The summed E-state index contributed by atoms with van der Waals surface area (Å²) in [6, 6.07) is 15.4. The third-order valence-corrected chi connectivity index (χ3v) is 6.12. The molecular formula is C22H25NO2. The second-order valence-corrected chi connectivity index (χ2v) is 7.61. The van der Waals surface area contributed by atoms with E-state index < -0.39 is 0 Å². The van der Waals surface area contributed by atoms with Gasteiger partial charge < -0.3 is 14.4 Å². The van der Waals surface area contributed by atoms with Crippen LogP contribution >= 0.6 is 0 Å². The minimum absolute atomic E-state index is 0.376. The maximum absolute atomic E-state index is 5.75. The summed E-state index contributed by atoms with van der Waals surface area (Å²) in [5.41, 5.74) is 4.40. The van der Waals surface area contributed by atoms with Gasteiger partial charge in [-0.2, -0.15) is 0 Å². The molecule has 2 aliphatic heterocycles. The van der Waals surface area contributed by atoms with E-state index in [-0.39, 0.29) is 0 Å². The molecule has 2 aromatic carbocycles. The third-order valence-electron chi connectivity index (χ3n) is 6.12. The van der Waals surface area contributed by atoms with E-state index in [1.165, 1.54) is 55.6 Å². The molecule has 3 nitrogen and oxygen atoms in total. The van der Waals surface area contributed by atoms with Gasteiger partial charge in [0.25, 0.3) is 0 Å². The molecule has 1 unspecified atom stereocenters. The zero-order chi connectivity index (χ0) is 16.6. The van der Waals surface area contributed by atoms with Crippen LogP contribution < -0.4 is 9.47 Å². The first-order valence-corrected chi connectivity index (χ1v) is 9.57. The van der Waals surface area contributed by atoms with Gasteiger partial charge in [-0.15, -0.1) is 0 Å². The molecule has 2 aromatic rings. The average molecular weight is 335 g/mol. The van der Waals surface area contributed by atoms with Crippen molar-refractivity contribution in [1.29, 1.82) is 0 Å². The molecule has 2 atom stereocenters. The summed E-state index contributed by atoms with van der Waals surface area (Å²) in [5, 5.41) is 0. The molecule has 1 fully saturated rings. The van der Waals surface area contributed by atoms with E-state index in [0.717, 1.165) is 17.9 Å². The van der Waals surface area contributed by atoms with Crippen LogP contribution in [0.15, 0.2) is 42.5 Å². The summed E-state index contributed by atoms with van der Waals surface area (Å²) in [5.74, 6) is 3.28. The summed E-state index contributed by atoms with van der Waals surface area (Å²) in [6.45, 7) is 3.97. The number of hydrogen-bond acceptors (Lipinski definition) is 3. The Balaban J connectivity index is 1.32. The van der Waals surface area contributed by atoms with Crippen LogP contribution in [0.1, 0.15) is 47.8 Å². The molecule has 3 heteroatoms. The highest BCUT2D eigenvalue weighted by Gasteiger charge is 2.31. The topological polar surface area (TPSA) is 21.7 Å². The Morgan fingerprint density at radius 2 is 1.92 bits per heavy atom. The maximum atomic E-state index is 5.75. The SMILES string of the molecule is c1ccc(C2CCN(C[C@@H]3CCCc4c3ccc3c4OCO3)C2)cc1. The minimum atomic E-state index is 0.376. The quantitative estimate of drug-likeness (QED) is 0.833. The first-order valence-electron chi connectivity index (χ1n) is 9.57. The van der Waals surface area contributed by atoms with Crippen LogP contribution in [-0.4, -0.2) is 31.3 Å². The molecule has 1 saturated heterocycles. The number of ether oxygens (including phenoxy) is 2. The summed E-state index contributed by atoms with van der Waals surface area (Å²) in [7, 11) is 0. The lowest BCUT2D eigenvalue weighted by atomic mass is 9.82. The number of hydrogen-bond donors (Lipinski definition) is 0. The number of nitrogens with zero attached hydrogens (tertiary/aromatic N) is 1. The van der Waals surface area contributed by atoms with Crippen LogP contribution in [0.25, 0.3) is 0 Å². The van der Waals surface area contributed by atoms with Crippen molar-refractivity contribution in [2.45, 2.75) is 37.5 Å². The van der Waals surface area contributed by atoms with E-state index in [0.29, 0.717) is 18.6 Å². The zero-order valence-corrected chi connectivity index (χ0v) is 14.6. The Kier molecular flexibility index (Phi) is 3.90. The second kappa shape index (κ2) is 6.38. The van der Waals surface area contributed by atoms with Gasteiger partial charge in [-0.05, 0) is 61.3 Å². The van der Waals surface area contributed by atoms with E-state index >= 15 is 0 Å². The number of likely N-dealkylation sites (tertiary alicyclic amines) is 1. The molecule has 0 radical (unpaired) electrons. The van der Waals surface area contributed by atoms with Gasteiger partial charge in [0.2, 0.25) is 6.79 Å². The summed E-state index contributed by atoms with van der Waals surface area (Å²) in [6.07, 6.45) is 4.96. The Morgan fingerprint density at radius 3 is 2.84 bits per heavy atom. The van der Waals surface area contributed by atoms with Gasteiger partial charge >= 0.3 is 0 Å². The fourth-order valence-electron chi connectivity index (χ4n) is 4.86. The fourth-order valence-corrected chi connectivity index (χ4v) is 4.86. The lowest BCUT2D eigenvalue weighted by Gasteiger charge is -2.30. The highest BCUT2D eigenvalue weighted by atomic mass is 16.7. The van der Waals surface area contributed by atoms with Gasteiger partial charge in [0.15, 0.2) is 11.5 Å². The van der Waals surface area contributed by atoms with Crippen molar-refractivity contribution >= 4 is 0 Å². The molecule has 0 N–H and O–H groups in total. The van der Waals surface area contributed by atoms with Crippen LogP contribution in [0.3, 0.4) is 0 Å². The highest BCUT2D eigenvalue weighted by Crippen LogP contribution is 2.44. The van der Waals surface area contributed by atoms with E-state index in [1.54, 1.807) is 0 Å². The van der Waals surface area contributed by atoms with Crippen LogP contribution in [0.2, 0.25) is 0 Å². The Bertz CT molecular complexity index is 758. The monoisotopic (exact) mass is 335 g/mol. The van der Waals surface area contributed by atoms with Crippen molar-refractivity contribution in [2.75, 3.05) is 26.4 Å². The van der Waals surface area contributed by atoms with E-state index in [2.05, 4.69) is 47.4 Å². The fraction of sp³-hybridized carbons (Fsp3) is 0.455. The highest BCUT2D eigenvalue weighted by molar-refractivity contribution is 5.54. The van der Waals surface area contributed by atoms with E-state index in [9.17, 15) is 0 Å². The lowest BCUT2D eigenvalue weighted by Crippen LogP contribution is -2.28. The summed E-state index contributed by atoms with van der Waals surface area (Å²) >= 11 is 0. The van der Waals surface area contributed by atoms with Crippen LogP contribution in [-0.2, 0) is 6.42 Å². The predicted octanol–water partition coefficient (Wildman–Crippen LogP) is 4.32. The standard InChI is InChI=1S/C22H25NO2/c1-2-5-16(6-3-1)17-11-12-23(13-17)14-18-7-4-8-20-19(18)9-10-21-22(20)25-15-24-21/h1-3,5-6,9-10,17-18H,4,7-8,11-15H2/t17?,18-/m0/s1. The molecule has 1 aliphatic carbocycles. The Hall–Kier alpha value is -2.00. The van der Waals surface area contributed by atoms with Gasteiger partial charge in [-0.3, -0.25) is 0 Å². The molecule has 0 bridgehead atoms. The molecule has 0 amide bonds. The van der Waals surface area contributed by atoms with Crippen molar-refractivity contribution in [3.63, 3.8) is 0 Å². The van der Waals surface area contributed by atoms with Crippen molar-refractivity contribution in [2.24, 2.45) is 0 Å². The summed E-state index contributed by atoms with van der Waals surface area (Å²) in [4.78, 5) is 2.67. The van der Waals surface area contributed by atoms with Crippen molar-refractivity contribution in [1.82, 2.24) is 4.90 Å². The molecule has 5 rings (SSSR count). The van der Waals surface area contributed by atoms with Gasteiger partial charge in [0, 0.05) is 18.7 Å². The first-order chi connectivity index (χ1) is 12.4. The Morgan fingerprint density at radius 1 is 1.00 bits per heavy atom. The lowest BCUT2D eigenvalue weighted by molar-refractivity contribution is 0.173. The molecule has 130 valence electrons. The van der Waals surface area contributed by atoms with Crippen LogP contribution in [0.5, 0.6) is 11.5 Å². The Labute approximate surface area is 149 Å². The van der Waals surface area contributed by atoms with Gasteiger partial charge in [-0.1, -0.05) is 36.4 Å². The molecular weight excluding hydrogens is 310 g/mol. The van der Waals surface area contributed by atoms with E-state index in [4.69, 9.17) is 9.47 Å². The van der Waals surface area contributed by atoms with Crippen LogP contribution in [0, 0.1) is 0 Å². The average Bonchev–Trinajstić information content (AvgIpc) is 3.32.